The lowest BCUT2D eigenvalue weighted by Gasteiger charge is -2.07. The number of carbonyl (C=O) groups excluding carboxylic acids is 1. The molecule has 7 heteroatoms. The van der Waals surface area contributed by atoms with E-state index in [1.165, 1.54) is 5.56 Å². The van der Waals surface area contributed by atoms with Crippen LogP contribution in [-0.4, -0.2) is 30.5 Å². The van der Waals surface area contributed by atoms with Crippen molar-refractivity contribution in [3.8, 4) is 0 Å². The number of pyridine rings is 1. The molecule has 1 N–H and O–H groups in total. The smallest absolute Gasteiger partial charge is 0.256 e. The minimum Gasteiger partial charge on any atom is -0.319 e. The van der Waals surface area contributed by atoms with Gasteiger partial charge in [0.05, 0.1) is 28.5 Å². The number of anilines is 1. The number of benzene rings is 1. The zero-order chi connectivity index (χ0) is 20.4. The molecule has 148 valence electrons. The molecule has 4 aromatic rings. The Balaban J connectivity index is 1.53. The number of nitrogens with one attached hydrogen (secondary N) is 1. The quantitative estimate of drug-likeness (QED) is 0.546. The molecular weight excluding hydrogens is 364 g/mol. The van der Waals surface area contributed by atoms with Gasteiger partial charge in [0.25, 0.3) is 5.91 Å². The third-order valence-electron chi connectivity index (χ3n) is 4.91. The van der Waals surface area contributed by atoms with Gasteiger partial charge in [-0.05, 0) is 38.8 Å². The van der Waals surface area contributed by atoms with E-state index >= 15 is 0 Å². The summed E-state index contributed by atoms with van der Waals surface area (Å²) < 4.78 is 3.67. The van der Waals surface area contributed by atoms with E-state index in [1.807, 2.05) is 60.6 Å². The fourth-order valence-electron chi connectivity index (χ4n) is 3.52. The minimum absolute atomic E-state index is 0.179. The molecule has 0 radical (unpaired) electrons. The molecule has 1 aromatic carbocycles. The van der Waals surface area contributed by atoms with Crippen LogP contribution in [0.4, 0.5) is 5.69 Å². The molecule has 0 fully saturated rings. The van der Waals surface area contributed by atoms with Gasteiger partial charge in [0.1, 0.15) is 0 Å². The third-order valence-corrected chi connectivity index (χ3v) is 4.91. The number of fused-ring (bicyclic) bond motifs is 1. The number of rotatable bonds is 6. The van der Waals surface area contributed by atoms with Gasteiger partial charge in [0, 0.05) is 25.0 Å². The molecule has 0 spiro atoms. The Hall–Kier alpha value is -3.48. The van der Waals surface area contributed by atoms with Gasteiger partial charge in [-0.3, -0.25) is 9.48 Å². The van der Waals surface area contributed by atoms with Crippen molar-refractivity contribution in [3.05, 3.63) is 71.3 Å². The van der Waals surface area contributed by atoms with Crippen molar-refractivity contribution in [2.45, 2.75) is 40.3 Å². The van der Waals surface area contributed by atoms with Gasteiger partial charge in [-0.2, -0.15) is 10.2 Å². The zero-order valence-electron chi connectivity index (χ0n) is 16.9. The Labute approximate surface area is 169 Å². The average molecular weight is 388 g/mol. The molecule has 0 aliphatic heterocycles. The molecule has 0 aliphatic rings. The fourth-order valence-corrected chi connectivity index (χ4v) is 3.52. The Morgan fingerprint density at radius 2 is 1.97 bits per heavy atom. The monoisotopic (exact) mass is 388 g/mol. The summed E-state index contributed by atoms with van der Waals surface area (Å²) in [5.74, 6) is -0.179. The van der Waals surface area contributed by atoms with Gasteiger partial charge in [0.2, 0.25) is 0 Å². The predicted octanol–water partition coefficient (Wildman–Crippen LogP) is 3.76. The van der Waals surface area contributed by atoms with Gasteiger partial charge in [-0.1, -0.05) is 30.3 Å². The summed E-state index contributed by atoms with van der Waals surface area (Å²) in [5.41, 5.74) is 4.85. The Morgan fingerprint density at radius 1 is 1.17 bits per heavy atom. The predicted molar refractivity (Wildman–Crippen MR) is 113 cm³/mol. The van der Waals surface area contributed by atoms with Crippen molar-refractivity contribution in [2.24, 2.45) is 0 Å². The normalized spacial score (nSPS) is 11.1. The SMILES string of the molecule is CCn1nc(C)c2c(C(=O)Nc3cnn(CCc4ccccc4)c3)cc(C)nc21. The topological polar surface area (TPSA) is 77.6 Å². The van der Waals surface area contributed by atoms with Crippen molar-refractivity contribution in [3.63, 3.8) is 0 Å². The number of carbonyl (C=O) groups is 1. The van der Waals surface area contributed by atoms with Crippen molar-refractivity contribution >= 4 is 22.6 Å². The second-order valence-corrected chi connectivity index (χ2v) is 7.09. The molecule has 0 aliphatic carbocycles. The number of hydrogen-bond donors (Lipinski definition) is 1. The van der Waals surface area contributed by atoms with Crippen LogP contribution in [0.25, 0.3) is 11.0 Å². The first-order chi connectivity index (χ1) is 14.0. The van der Waals surface area contributed by atoms with Crippen LogP contribution in [0.1, 0.15) is 34.2 Å². The van der Waals surface area contributed by atoms with Gasteiger partial charge in [-0.25, -0.2) is 9.67 Å². The van der Waals surface area contributed by atoms with Crippen molar-refractivity contribution < 1.29 is 4.79 Å². The average Bonchev–Trinajstić information content (AvgIpc) is 3.30. The zero-order valence-corrected chi connectivity index (χ0v) is 16.9. The molecule has 3 heterocycles. The summed E-state index contributed by atoms with van der Waals surface area (Å²) in [7, 11) is 0. The largest absolute Gasteiger partial charge is 0.319 e. The van der Waals surface area contributed by atoms with Crippen molar-refractivity contribution in [2.75, 3.05) is 5.32 Å². The Kier molecular flexibility index (Phi) is 5.12. The lowest BCUT2D eigenvalue weighted by Crippen LogP contribution is -2.13. The van der Waals surface area contributed by atoms with E-state index in [4.69, 9.17) is 0 Å². The highest BCUT2D eigenvalue weighted by Crippen LogP contribution is 2.23. The van der Waals surface area contributed by atoms with Gasteiger partial charge < -0.3 is 5.32 Å². The number of hydrogen-bond acceptors (Lipinski definition) is 4. The summed E-state index contributed by atoms with van der Waals surface area (Å²) in [6.45, 7) is 7.26. The number of aryl methyl sites for hydroxylation is 5. The maximum atomic E-state index is 13.0. The van der Waals surface area contributed by atoms with Crippen LogP contribution in [0.15, 0.2) is 48.8 Å². The second-order valence-electron chi connectivity index (χ2n) is 7.09. The van der Waals surface area contributed by atoms with E-state index in [9.17, 15) is 4.79 Å². The lowest BCUT2D eigenvalue weighted by atomic mass is 10.1. The van der Waals surface area contributed by atoms with Gasteiger partial charge in [0.15, 0.2) is 5.65 Å². The van der Waals surface area contributed by atoms with Crippen LogP contribution in [0.3, 0.4) is 0 Å². The molecule has 0 unspecified atom stereocenters. The lowest BCUT2D eigenvalue weighted by molar-refractivity contribution is 0.102. The molecule has 0 bridgehead atoms. The highest BCUT2D eigenvalue weighted by atomic mass is 16.1. The summed E-state index contributed by atoms with van der Waals surface area (Å²) in [6.07, 6.45) is 4.42. The fraction of sp³-hybridized carbons (Fsp3) is 0.273. The Morgan fingerprint density at radius 3 is 2.72 bits per heavy atom. The maximum Gasteiger partial charge on any atom is 0.256 e. The van der Waals surface area contributed by atoms with E-state index in [0.29, 0.717) is 17.8 Å². The summed E-state index contributed by atoms with van der Waals surface area (Å²) in [4.78, 5) is 17.6. The number of amides is 1. The molecule has 0 atom stereocenters. The van der Waals surface area contributed by atoms with Crippen LogP contribution in [0, 0.1) is 13.8 Å². The summed E-state index contributed by atoms with van der Waals surface area (Å²) >= 11 is 0. The van der Waals surface area contributed by atoms with Crippen LogP contribution >= 0.6 is 0 Å². The number of nitrogens with zero attached hydrogens (tertiary/aromatic N) is 5. The molecule has 0 saturated carbocycles. The standard InChI is InChI=1S/C22H24N6O/c1-4-28-21-20(16(3)26-28)19(12-15(2)24-21)22(29)25-18-13-23-27(14-18)11-10-17-8-6-5-7-9-17/h5-9,12-14H,4,10-11H2,1-3H3,(H,25,29). The molecule has 1 amide bonds. The van der Waals surface area contributed by atoms with Crippen molar-refractivity contribution in [1.29, 1.82) is 0 Å². The molecule has 3 aromatic heterocycles. The van der Waals surface area contributed by atoms with E-state index < -0.39 is 0 Å². The molecule has 4 rings (SSSR count). The molecular formula is C22H24N6O. The highest BCUT2D eigenvalue weighted by Gasteiger charge is 2.18. The van der Waals surface area contributed by atoms with E-state index in [-0.39, 0.29) is 5.91 Å². The van der Waals surface area contributed by atoms with E-state index in [1.54, 1.807) is 6.20 Å². The van der Waals surface area contributed by atoms with Crippen LogP contribution < -0.4 is 5.32 Å². The first-order valence-corrected chi connectivity index (χ1v) is 9.77. The third kappa shape index (κ3) is 3.89. The highest BCUT2D eigenvalue weighted by molar-refractivity contribution is 6.12. The molecule has 29 heavy (non-hydrogen) atoms. The second kappa shape index (κ2) is 7.87. The van der Waals surface area contributed by atoms with Crippen LogP contribution in [0.2, 0.25) is 0 Å². The maximum absolute atomic E-state index is 13.0. The van der Waals surface area contributed by atoms with Crippen LogP contribution in [0.5, 0.6) is 0 Å². The van der Waals surface area contributed by atoms with Gasteiger partial charge in [-0.15, -0.1) is 0 Å². The van der Waals surface area contributed by atoms with E-state index in [0.717, 1.165) is 35.4 Å². The first-order valence-electron chi connectivity index (χ1n) is 9.77. The summed E-state index contributed by atoms with van der Waals surface area (Å²) in [6, 6.07) is 12.1. The first kappa shape index (κ1) is 18.9. The molecule has 0 saturated heterocycles. The number of aromatic nitrogens is 5. The van der Waals surface area contributed by atoms with E-state index in [2.05, 4.69) is 32.6 Å². The Bertz CT molecular complexity index is 1160. The van der Waals surface area contributed by atoms with Crippen molar-refractivity contribution in [1.82, 2.24) is 24.5 Å². The minimum atomic E-state index is -0.179. The van der Waals surface area contributed by atoms with Crippen LogP contribution in [-0.2, 0) is 19.5 Å². The summed E-state index contributed by atoms with van der Waals surface area (Å²) in [5, 5.41) is 12.6. The van der Waals surface area contributed by atoms with Gasteiger partial charge >= 0.3 is 0 Å². The molecule has 7 nitrogen and oxygen atoms in total.